The van der Waals surface area contributed by atoms with Crippen LogP contribution in [0.2, 0.25) is 0 Å². The minimum absolute atomic E-state index is 0.0520. The Kier molecular flexibility index (Phi) is 4.94. The van der Waals surface area contributed by atoms with Gasteiger partial charge >= 0.3 is 0 Å². The lowest BCUT2D eigenvalue weighted by molar-refractivity contribution is 0.201. The van der Waals surface area contributed by atoms with Crippen molar-refractivity contribution in [3.63, 3.8) is 0 Å². The predicted molar refractivity (Wildman–Crippen MR) is 133 cm³/mol. The standard InChI is InChI=1S/C30H24F2O3/c1-30(2)25-16-19(32)6-10-23(25)26-22-9-5-18(31)15-24(22)29-27(28(26)30)21(11-13-35-29)17-3-7-20(8-4-17)34-14-12-33/h3-11,15-16,33H,12-14H2,1-2H3. The van der Waals surface area contributed by atoms with Crippen LogP contribution in [0.25, 0.3) is 27.5 Å². The highest BCUT2D eigenvalue weighted by Gasteiger charge is 2.42. The Balaban J connectivity index is 1.65. The molecule has 0 aromatic heterocycles. The van der Waals surface area contributed by atoms with Gasteiger partial charge in [-0.1, -0.05) is 38.1 Å². The Morgan fingerprint density at radius 1 is 0.914 bits per heavy atom. The summed E-state index contributed by atoms with van der Waals surface area (Å²) >= 11 is 0. The molecule has 0 saturated carbocycles. The summed E-state index contributed by atoms with van der Waals surface area (Å²) in [6, 6.07) is 17.4. The Morgan fingerprint density at radius 2 is 1.66 bits per heavy atom. The first kappa shape index (κ1) is 21.8. The van der Waals surface area contributed by atoms with E-state index in [0.29, 0.717) is 23.5 Å². The third-order valence-electron chi connectivity index (χ3n) is 7.08. The zero-order chi connectivity index (χ0) is 24.3. The molecule has 5 heteroatoms. The topological polar surface area (TPSA) is 38.7 Å². The molecule has 1 aliphatic heterocycles. The van der Waals surface area contributed by atoms with Gasteiger partial charge in [-0.05, 0) is 81.3 Å². The molecule has 1 N–H and O–H groups in total. The van der Waals surface area contributed by atoms with E-state index in [0.717, 1.165) is 44.3 Å². The number of hydrogen-bond donors (Lipinski definition) is 1. The van der Waals surface area contributed by atoms with E-state index in [9.17, 15) is 8.78 Å². The normalized spacial score (nSPS) is 15.2. The fraction of sp³-hybridized carbons (Fsp3) is 0.200. The first-order chi connectivity index (χ1) is 16.9. The number of halogens is 2. The van der Waals surface area contributed by atoms with Crippen molar-refractivity contribution in [1.82, 2.24) is 0 Å². The van der Waals surface area contributed by atoms with Gasteiger partial charge in [0.15, 0.2) is 0 Å². The molecule has 0 amide bonds. The van der Waals surface area contributed by atoms with Crippen molar-refractivity contribution >= 4 is 16.3 Å². The maximum Gasteiger partial charge on any atom is 0.135 e. The third kappa shape index (κ3) is 3.26. The molecule has 4 aromatic rings. The molecule has 4 aromatic carbocycles. The first-order valence-electron chi connectivity index (χ1n) is 11.7. The van der Waals surface area contributed by atoms with Gasteiger partial charge in [-0.2, -0.15) is 0 Å². The zero-order valence-corrected chi connectivity index (χ0v) is 19.5. The Hall–Kier alpha value is -3.70. The molecule has 6 rings (SSSR count). The van der Waals surface area contributed by atoms with Gasteiger partial charge < -0.3 is 14.6 Å². The number of rotatable bonds is 4. The van der Waals surface area contributed by atoms with Crippen molar-refractivity contribution in [2.45, 2.75) is 19.3 Å². The Morgan fingerprint density at radius 3 is 2.43 bits per heavy atom. The van der Waals surface area contributed by atoms with Gasteiger partial charge in [-0.15, -0.1) is 0 Å². The van der Waals surface area contributed by atoms with Gasteiger partial charge in [-0.25, -0.2) is 8.78 Å². The van der Waals surface area contributed by atoms with Crippen LogP contribution in [0.4, 0.5) is 8.78 Å². The van der Waals surface area contributed by atoms with Gasteiger partial charge in [0.25, 0.3) is 0 Å². The van der Waals surface area contributed by atoms with Crippen LogP contribution in [0, 0.1) is 11.6 Å². The summed E-state index contributed by atoms with van der Waals surface area (Å²) in [6.07, 6.45) is 2.04. The summed E-state index contributed by atoms with van der Waals surface area (Å²) in [6.45, 7) is 4.74. The van der Waals surface area contributed by atoms with Crippen molar-refractivity contribution in [1.29, 1.82) is 0 Å². The van der Waals surface area contributed by atoms with Gasteiger partial charge in [-0.3, -0.25) is 0 Å². The van der Waals surface area contributed by atoms with E-state index < -0.39 is 5.41 Å². The molecule has 0 atom stereocenters. The van der Waals surface area contributed by atoms with Crippen molar-refractivity contribution < 1.29 is 23.4 Å². The van der Waals surface area contributed by atoms with E-state index in [1.807, 2.05) is 36.4 Å². The molecule has 0 unspecified atom stereocenters. The molecule has 3 nitrogen and oxygen atoms in total. The summed E-state index contributed by atoms with van der Waals surface area (Å²) in [5, 5.41) is 10.6. The third-order valence-corrected chi connectivity index (χ3v) is 7.08. The van der Waals surface area contributed by atoms with Gasteiger partial charge in [0.2, 0.25) is 0 Å². The van der Waals surface area contributed by atoms with Crippen molar-refractivity contribution in [2.75, 3.05) is 19.8 Å². The molecule has 0 radical (unpaired) electrons. The number of fused-ring (bicyclic) bond motifs is 8. The summed E-state index contributed by atoms with van der Waals surface area (Å²) in [5.41, 5.74) is 6.30. The van der Waals surface area contributed by atoms with E-state index in [1.54, 1.807) is 12.1 Å². The summed E-state index contributed by atoms with van der Waals surface area (Å²) in [5.74, 6) is 0.711. The van der Waals surface area contributed by atoms with Crippen LogP contribution in [-0.4, -0.2) is 24.9 Å². The highest BCUT2D eigenvalue weighted by Crippen LogP contribution is 2.58. The van der Waals surface area contributed by atoms with Crippen molar-refractivity contribution in [3.8, 4) is 22.6 Å². The molecule has 0 saturated heterocycles. The molecule has 1 heterocycles. The monoisotopic (exact) mass is 470 g/mol. The van der Waals surface area contributed by atoms with Crippen molar-refractivity contribution in [3.05, 3.63) is 101 Å². The highest BCUT2D eigenvalue weighted by molar-refractivity contribution is 6.10. The first-order valence-corrected chi connectivity index (χ1v) is 11.7. The molecular formula is C30H24F2O3. The van der Waals surface area contributed by atoms with Crippen LogP contribution in [0.15, 0.2) is 66.7 Å². The number of aliphatic hydroxyl groups is 1. The van der Waals surface area contributed by atoms with Gasteiger partial charge in [0, 0.05) is 16.4 Å². The molecule has 0 bridgehead atoms. The van der Waals surface area contributed by atoms with Gasteiger partial charge in [0.05, 0.1) is 6.61 Å². The minimum Gasteiger partial charge on any atom is -0.491 e. The average Bonchev–Trinajstić information content (AvgIpc) is 3.09. The number of ether oxygens (including phenoxy) is 2. The molecule has 176 valence electrons. The summed E-state index contributed by atoms with van der Waals surface area (Å²) < 4.78 is 40.6. The zero-order valence-electron chi connectivity index (χ0n) is 19.5. The molecule has 2 aliphatic rings. The fourth-order valence-corrected chi connectivity index (χ4v) is 5.59. The predicted octanol–water partition coefficient (Wildman–Crippen LogP) is 6.62. The lowest BCUT2D eigenvalue weighted by Gasteiger charge is -2.30. The van der Waals surface area contributed by atoms with Crippen LogP contribution >= 0.6 is 0 Å². The number of benzene rings is 4. The second-order valence-electron chi connectivity index (χ2n) is 9.48. The van der Waals surface area contributed by atoms with E-state index in [-0.39, 0.29) is 24.8 Å². The Bertz CT molecular complexity index is 1520. The van der Waals surface area contributed by atoms with E-state index >= 15 is 0 Å². The minimum atomic E-state index is -0.497. The van der Waals surface area contributed by atoms with Crippen LogP contribution in [0.1, 0.15) is 36.1 Å². The molecular weight excluding hydrogens is 446 g/mol. The summed E-state index contributed by atoms with van der Waals surface area (Å²) in [4.78, 5) is 0. The van der Waals surface area contributed by atoms with Crippen LogP contribution < -0.4 is 9.47 Å². The second kappa shape index (κ2) is 7.92. The SMILES string of the molecule is CC1(C)c2cc(F)ccc2-c2c1c1c(c3cc(F)ccc23)OCC=C1c1ccc(OCCO)cc1. The highest BCUT2D eigenvalue weighted by atomic mass is 19.1. The van der Waals surface area contributed by atoms with Crippen LogP contribution in [0.5, 0.6) is 11.5 Å². The van der Waals surface area contributed by atoms with Crippen molar-refractivity contribution in [2.24, 2.45) is 0 Å². The maximum absolute atomic E-state index is 14.5. The quantitative estimate of drug-likeness (QED) is 0.364. The summed E-state index contributed by atoms with van der Waals surface area (Å²) in [7, 11) is 0. The van der Waals surface area contributed by atoms with Gasteiger partial charge in [0.1, 0.15) is 36.3 Å². The Labute approximate surface area is 202 Å². The second-order valence-corrected chi connectivity index (χ2v) is 9.48. The van der Waals surface area contributed by atoms with E-state index in [2.05, 4.69) is 13.8 Å². The molecule has 35 heavy (non-hydrogen) atoms. The maximum atomic E-state index is 14.5. The number of hydrogen-bond acceptors (Lipinski definition) is 3. The lowest BCUT2D eigenvalue weighted by Crippen LogP contribution is -2.20. The van der Waals surface area contributed by atoms with E-state index in [1.165, 1.54) is 18.2 Å². The average molecular weight is 471 g/mol. The van der Waals surface area contributed by atoms with Crippen LogP contribution in [0.3, 0.4) is 0 Å². The molecule has 0 fully saturated rings. The molecule has 1 aliphatic carbocycles. The number of aliphatic hydroxyl groups excluding tert-OH is 1. The van der Waals surface area contributed by atoms with E-state index in [4.69, 9.17) is 14.6 Å². The lowest BCUT2D eigenvalue weighted by atomic mass is 9.76. The largest absolute Gasteiger partial charge is 0.491 e. The fourth-order valence-electron chi connectivity index (χ4n) is 5.59. The molecule has 0 spiro atoms. The van der Waals surface area contributed by atoms with Crippen LogP contribution in [-0.2, 0) is 5.41 Å². The smallest absolute Gasteiger partial charge is 0.135 e.